The van der Waals surface area contributed by atoms with Gasteiger partial charge >= 0.3 is 0 Å². The Morgan fingerprint density at radius 2 is 2.15 bits per heavy atom. The molecule has 2 aromatic rings. The Labute approximate surface area is 181 Å². The normalized spacial score (nSPS) is 18.0. The first kappa shape index (κ1) is 21.7. The van der Waals surface area contributed by atoms with Gasteiger partial charge in [0.15, 0.2) is 5.96 Å². The fourth-order valence-corrected chi connectivity index (χ4v) is 3.05. The second-order valence-corrected chi connectivity index (χ2v) is 6.57. The Balaban J connectivity index is 0.00000261. The van der Waals surface area contributed by atoms with Crippen molar-refractivity contribution in [2.45, 2.75) is 18.6 Å². The summed E-state index contributed by atoms with van der Waals surface area (Å²) in [4.78, 5) is 10.6. The Morgan fingerprint density at radius 3 is 2.81 bits per heavy atom. The van der Waals surface area contributed by atoms with Crippen LogP contribution in [0.1, 0.15) is 18.1 Å². The van der Waals surface area contributed by atoms with Crippen molar-refractivity contribution in [1.82, 2.24) is 15.2 Å². The zero-order chi connectivity index (χ0) is 18.4. The molecule has 0 spiro atoms. The standard InChI is InChI=1S/C19H23ClN4O2.HI/c1-21-19(23-12-17(25)14-5-7-15(20)8-6-14)24-11-9-16(13-24)26-18-4-2-3-10-22-18;/h2-8,10,16-17,25H,9,11-13H2,1H3,(H,21,23);1H. The zero-order valence-corrected chi connectivity index (χ0v) is 18.2. The maximum Gasteiger partial charge on any atom is 0.213 e. The molecule has 6 nitrogen and oxygen atoms in total. The summed E-state index contributed by atoms with van der Waals surface area (Å²) in [5, 5.41) is 14.2. The summed E-state index contributed by atoms with van der Waals surface area (Å²) in [5.41, 5.74) is 0.815. The van der Waals surface area contributed by atoms with Gasteiger partial charge in [0.05, 0.1) is 12.6 Å². The number of benzene rings is 1. The van der Waals surface area contributed by atoms with Gasteiger partial charge in [0.25, 0.3) is 0 Å². The number of aromatic nitrogens is 1. The van der Waals surface area contributed by atoms with E-state index in [1.165, 1.54) is 0 Å². The number of halogens is 2. The molecule has 146 valence electrons. The number of likely N-dealkylation sites (tertiary alicyclic amines) is 1. The highest BCUT2D eigenvalue weighted by atomic mass is 127. The van der Waals surface area contributed by atoms with Crippen LogP contribution in [0.4, 0.5) is 0 Å². The predicted octanol–water partition coefficient (Wildman–Crippen LogP) is 3.12. The molecule has 0 bridgehead atoms. The Hall–Kier alpha value is -1.58. The second-order valence-electron chi connectivity index (χ2n) is 6.14. The molecule has 0 amide bonds. The number of nitrogens with one attached hydrogen (secondary N) is 1. The maximum absolute atomic E-state index is 10.3. The van der Waals surface area contributed by atoms with E-state index in [-0.39, 0.29) is 30.1 Å². The van der Waals surface area contributed by atoms with Gasteiger partial charge < -0.3 is 20.1 Å². The summed E-state index contributed by atoms with van der Waals surface area (Å²) in [5.74, 6) is 1.39. The van der Waals surface area contributed by atoms with E-state index in [0.29, 0.717) is 17.4 Å². The third-order valence-electron chi connectivity index (χ3n) is 4.29. The molecule has 27 heavy (non-hydrogen) atoms. The quantitative estimate of drug-likeness (QED) is 0.374. The number of hydrogen-bond acceptors (Lipinski definition) is 4. The molecule has 2 atom stereocenters. The summed E-state index contributed by atoms with van der Waals surface area (Å²) in [6, 6.07) is 12.8. The molecular weight excluding hydrogens is 479 g/mol. The van der Waals surface area contributed by atoms with E-state index in [4.69, 9.17) is 16.3 Å². The van der Waals surface area contributed by atoms with Crippen LogP contribution in [0, 0.1) is 0 Å². The molecule has 2 heterocycles. The number of guanidine groups is 1. The molecule has 2 unspecified atom stereocenters. The maximum atomic E-state index is 10.3. The third-order valence-corrected chi connectivity index (χ3v) is 4.54. The van der Waals surface area contributed by atoms with Gasteiger partial charge in [-0.05, 0) is 23.8 Å². The van der Waals surface area contributed by atoms with Crippen molar-refractivity contribution in [3.05, 3.63) is 59.2 Å². The van der Waals surface area contributed by atoms with Gasteiger partial charge in [0.1, 0.15) is 6.10 Å². The molecular formula is C19H24ClIN4O2. The number of pyridine rings is 1. The molecule has 8 heteroatoms. The monoisotopic (exact) mass is 502 g/mol. The van der Waals surface area contributed by atoms with Crippen molar-refractivity contribution >= 4 is 41.5 Å². The number of aliphatic imine (C=N–C) groups is 1. The van der Waals surface area contributed by atoms with Crippen LogP contribution >= 0.6 is 35.6 Å². The Bertz CT molecular complexity index is 730. The minimum absolute atomic E-state index is 0. The fourth-order valence-electron chi connectivity index (χ4n) is 2.93. The highest BCUT2D eigenvalue weighted by Gasteiger charge is 2.26. The molecule has 0 saturated carbocycles. The lowest BCUT2D eigenvalue weighted by atomic mass is 10.1. The lowest BCUT2D eigenvalue weighted by Gasteiger charge is -2.23. The van der Waals surface area contributed by atoms with Crippen LogP contribution < -0.4 is 10.1 Å². The first-order valence-corrected chi connectivity index (χ1v) is 9.00. The lowest BCUT2D eigenvalue weighted by Crippen LogP contribution is -2.42. The summed E-state index contributed by atoms with van der Waals surface area (Å²) in [6.45, 7) is 1.94. The molecule has 1 aliphatic heterocycles. The van der Waals surface area contributed by atoms with Gasteiger partial charge in [-0.3, -0.25) is 4.99 Å². The van der Waals surface area contributed by atoms with Gasteiger partial charge in [-0.2, -0.15) is 0 Å². The van der Waals surface area contributed by atoms with Crippen molar-refractivity contribution in [2.24, 2.45) is 4.99 Å². The minimum Gasteiger partial charge on any atom is -0.472 e. The van der Waals surface area contributed by atoms with Crippen LogP contribution in [-0.2, 0) is 0 Å². The van der Waals surface area contributed by atoms with Crippen molar-refractivity contribution in [3.8, 4) is 5.88 Å². The van der Waals surface area contributed by atoms with Crippen molar-refractivity contribution < 1.29 is 9.84 Å². The van der Waals surface area contributed by atoms with Crippen molar-refractivity contribution in [1.29, 1.82) is 0 Å². The van der Waals surface area contributed by atoms with Gasteiger partial charge in [0.2, 0.25) is 5.88 Å². The first-order valence-electron chi connectivity index (χ1n) is 8.62. The third kappa shape index (κ3) is 6.22. The van der Waals surface area contributed by atoms with E-state index in [1.807, 2.05) is 30.3 Å². The van der Waals surface area contributed by atoms with E-state index < -0.39 is 6.10 Å². The summed E-state index contributed by atoms with van der Waals surface area (Å²) in [6.07, 6.45) is 2.06. The molecule has 0 aliphatic carbocycles. The Kier molecular flexibility index (Phi) is 8.59. The SMILES string of the molecule is CN=C(NCC(O)c1ccc(Cl)cc1)N1CCC(Oc2ccccn2)C1.I. The Morgan fingerprint density at radius 1 is 1.37 bits per heavy atom. The molecule has 1 aromatic carbocycles. The molecule has 2 N–H and O–H groups in total. The number of ether oxygens (including phenoxy) is 1. The average molecular weight is 503 g/mol. The zero-order valence-electron chi connectivity index (χ0n) is 15.1. The highest BCUT2D eigenvalue weighted by Crippen LogP contribution is 2.18. The minimum atomic E-state index is -0.632. The van der Waals surface area contributed by atoms with Crippen LogP contribution in [-0.4, -0.2) is 53.7 Å². The van der Waals surface area contributed by atoms with Gasteiger partial charge in [-0.25, -0.2) is 4.98 Å². The van der Waals surface area contributed by atoms with E-state index >= 15 is 0 Å². The van der Waals surface area contributed by atoms with Gasteiger partial charge in [-0.15, -0.1) is 24.0 Å². The van der Waals surface area contributed by atoms with Gasteiger partial charge in [0, 0.05) is 43.8 Å². The van der Waals surface area contributed by atoms with E-state index in [0.717, 1.165) is 31.0 Å². The number of aliphatic hydroxyl groups excluding tert-OH is 1. The lowest BCUT2D eigenvalue weighted by molar-refractivity contribution is 0.179. The number of rotatable bonds is 5. The topological polar surface area (TPSA) is 70.0 Å². The number of aliphatic hydroxyl groups is 1. The second kappa shape index (κ2) is 10.7. The fraction of sp³-hybridized carbons (Fsp3) is 0.368. The predicted molar refractivity (Wildman–Crippen MR) is 118 cm³/mol. The molecule has 1 fully saturated rings. The first-order chi connectivity index (χ1) is 12.7. The van der Waals surface area contributed by atoms with Crippen LogP contribution in [0.15, 0.2) is 53.7 Å². The van der Waals surface area contributed by atoms with E-state index in [2.05, 4.69) is 20.2 Å². The molecule has 1 aliphatic rings. The molecule has 3 rings (SSSR count). The van der Waals surface area contributed by atoms with Crippen LogP contribution in [0.25, 0.3) is 0 Å². The number of hydrogen-bond donors (Lipinski definition) is 2. The van der Waals surface area contributed by atoms with Crippen LogP contribution in [0.3, 0.4) is 0 Å². The van der Waals surface area contributed by atoms with Gasteiger partial charge in [-0.1, -0.05) is 29.8 Å². The van der Waals surface area contributed by atoms with Crippen molar-refractivity contribution in [3.63, 3.8) is 0 Å². The largest absolute Gasteiger partial charge is 0.472 e. The molecule has 0 radical (unpaired) electrons. The van der Waals surface area contributed by atoms with Crippen molar-refractivity contribution in [2.75, 3.05) is 26.7 Å². The smallest absolute Gasteiger partial charge is 0.213 e. The van der Waals surface area contributed by atoms with Crippen LogP contribution in [0.5, 0.6) is 5.88 Å². The molecule has 1 saturated heterocycles. The van der Waals surface area contributed by atoms with E-state index in [1.54, 1.807) is 25.4 Å². The summed E-state index contributed by atoms with van der Waals surface area (Å²) in [7, 11) is 1.74. The number of nitrogens with zero attached hydrogens (tertiary/aromatic N) is 3. The molecule has 1 aromatic heterocycles. The summed E-state index contributed by atoms with van der Waals surface area (Å²) >= 11 is 5.88. The van der Waals surface area contributed by atoms with E-state index in [9.17, 15) is 5.11 Å². The highest BCUT2D eigenvalue weighted by molar-refractivity contribution is 14.0. The summed E-state index contributed by atoms with van der Waals surface area (Å²) < 4.78 is 5.91. The average Bonchev–Trinajstić information content (AvgIpc) is 3.12. The van der Waals surface area contributed by atoms with Crippen LogP contribution in [0.2, 0.25) is 5.02 Å².